The summed E-state index contributed by atoms with van der Waals surface area (Å²) in [6, 6.07) is 19.5. The molecule has 2 aromatic carbocycles. The van der Waals surface area contributed by atoms with E-state index in [-0.39, 0.29) is 18.4 Å². The Labute approximate surface area is 168 Å². The zero-order valence-corrected chi connectivity index (χ0v) is 15.9. The number of nitrogens with one attached hydrogen (secondary N) is 2. The normalized spacial score (nSPS) is 11.5. The first-order valence-electron chi connectivity index (χ1n) is 8.89. The summed E-state index contributed by atoms with van der Waals surface area (Å²) in [6.07, 6.45) is 3.44. The third kappa shape index (κ3) is 5.41. The summed E-state index contributed by atoms with van der Waals surface area (Å²) in [5, 5.41) is 6.26. The molecule has 0 spiro atoms. The van der Waals surface area contributed by atoms with E-state index in [1.54, 1.807) is 24.4 Å². The number of amides is 2. The Morgan fingerprint density at radius 1 is 0.964 bits per heavy atom. The summed E-state index contributed by atoms with van der Waals surface area (Å²) >= 11 is 6.15. The number of hydrogen-bond acceptors (Lipinski definition) is 3. The van der Waals surface area contributed by atoms with Crippen molar-refractivity contribution in [3.05, 3.63) is 101 Å². The van der Waals surface area contributed by atoms with Crippen LogP contribution in [0.3, 0.4) is 0 Å². The van der Waals surface area contributed by atoms with E-state index in [4.69, 9.17) is 11.6 Å². The molecule has 5 nitrogen and oxygen atoms in total. The van der Waals surface area contributed by atoms with Crippen LogP contribution in [0.15, 0.2) is 79.1 Å². The van der Waals surface area contributed by atoms with E-state index in [1.807, 2.05) is 48.5 Å². The lowest BCUT2D eigenvalue weighted by Crippen LogP contribution is -2.47. The van der Waals surface area contributed by atoms with Gasteiger partial charge in [-0.1, -0.05) is 60.1 Å². The number of carbonyl (C=O) groups is 2. The second-order valence-corrected chi connectivity index (χ2v) is 6.67. The summed E-state index contributed by atoms with van der Waals surface area (Å²) in [7, 11) is 0. The van der Waals surface area contributed by atoms with Crippen molar-refractivity contribution in [2.24, 2.45) is 0 Å². The number of carbonyl (C=O) groups excluding carboxylic acids is 2. The molecular formula is C22H20ClN3O2. The Hall–Kier alpha value is -3.18. The second-order valence-electron chi connectivity index (χ2n) is 6.27. The summed E-state index contributed by atoms with van der Waals surface area (Å²) < 4.78 is 0. The van der Waals surface area contributed by atoms with Crippen molar-refractivity contribution in [1.82, 2.24) is 15.6 Å². The van der Waals surface area contributed by atoms with Gasteiger partial charge in [-0.2, -0.15) is 0 Å². The van der Waals surface area contributed by atoms with E-state index < -0.39 is 6.04 Å². The largest absolute Gasteiger partial charge is 0.350 e. The maximum atomic E-state index is 12.8. The number of pyridine rings is 1. The quantitative estimate of drug-likeness (QED) is 0.646. The van der Waals surface area contributed by atoms with Crippen LogP contribution in [-0.4, -0.2) is 22.8 Å². The zero-order chi connectivity index (χ0) is 19.8. The molecule has 1 aromatic heterocycles. The second kappa shape index (κ2) is 9.67. The van der Waals surface area contributed by atoms with Gasteiger partial charge in [0.05, 0.1) is 5.56 Å². The van der Waals surface area contributed by atoms with Crippen LogP contribution in [0.2, 0.25) is 5.02 Å². The van der Waals surface area contributed by atoms with Gasteiger partial charge in [0.25, 0.3) is 5.91 Å². The van der Waals surface area contributed by atoms with Gasteiger partial charge in [-0.3, -0.25) is 14.6 Å². The predicted octanol–water partition coefficient (Wildman–Crippen LogP) is 3.39. The molecule has 28 heavy (non-hydrogen) atoms. The minimum Gasteiger partial charge on any atom is -0.350 e. The molecule has 0 aliphatic rings. The molecule has 0 saturated heterocycles. The Balaban J connectivity index is 1.72. The molecule has 0 fully saturated rings. The molecule has 0 bridgehead atoms. The van der Waals surface area contributed by atoms with Crippen LogP contribution >= 0.6 is 11.6 Å². The summed E-state index contributed by atoms with van der Waals surface area (Å²) in [5.41, 5.74) is 2.17. The van der Waals surface area contributed by atoms with Gasteiger partial charge in [0, 0.05) is 30.4 Å². The minimum absolute atomic E-state index is 0.277. The van der Waals surface area contributed by atoms with Crippen LogP contribution in [0.25, 0.3) is 0 Å². The average molecular weight is 394 g/mol. The van der Waals surface area contributed by atoms with Crippen molar-refractivity contribution in [1.29, 1.82) is 0 Å². The van der Waals surface area contributed by atoms with Gasteiger partial charge in [-0.15, -0.1) is 0 Å². The lowest BCUT2D eigenvalue weighted by Gasteiger charge is -2.19. The van der Waals surface area contributed by atoms with E-state index in [0.29, 0.717) is 17.0 Å². The van der Waals surface area contributed by atoms with Crippen molar-refractivity contribution in [2.45, 2.75) is 19.0 Å². The highest BCUT2D eigenvalue weighted by molar-refractivity contribution is 6.31. The first-order chi connectivity index (χ1) is 13.6. The fraction of sp³-hybridized carbons (Fsp3) is 0.136. The molecule has 0 aliphatic carbocycles. The molecule has 1 heterocycles. The van der Waals surface area contributed by atoms with Crippen LogP contribution in [0, 0.1) is 0 Å². The molecule has 2 N–H and O–H groups in total. The molecule has 3 rings (SSSR count). The molecule has 6 heteroatoms. The Morgan fingerprint density at radius 2 is 1.71 bits per heavy atom. The lowest BCUT2D eigenvalue weighted by molar-refractivity contribution is -0.123. The summed E-state index contributed by atoms with van der Waals surface area (Å²) in [4.78, 5) is 29.3. The summed E-state index contributed by atoms with van der Waals surface area (Å²) in [6.45, 7) is 0.284. The maximum Gasteiger partial charge on any atom is 0.253 e. The van der Waals surface area contributed by atoms with Crippen LogP contribution in [0.4, 0.5) is 0 Å². The fourth-order valence-corrected chi connectivity index (χ4v) is 2.95. The Morgan fingerprint density at radius 3 is 2.43 bits per heavy atom. The number of nitrogens with zero attached hydrogens (tertiary/aromatic N) is 1. The van der Waals surface area contributed by atoms with E-state index >= 15 is 0 Å². The van der Waals surface area contributed by atoms with Crippen molar-refractivity contribution < 1.29 is 9.59 Å². The maximum absolute atomic E-state index is 12.8. The van der Waals surface area contributed by atoms with Crippen molar-refractivity contribution >= 4 is 23.4 Å². The molecule has 0 saturated carbocycles. The predicted molar refractivity (Wildman–Crippen MR) is 109 cm³/mol. The standard InChI is InChI=1S/C22H20ClN3O2/c23-19-11-5-4-9-17(19)15-25-22(28)20(13-16-7-2-1-3-8-16)26-21(27)18-10-6-12-24-14-18/h1-12,14,20H,13,15H2,(H,25,28)(H,26,27)/t20-/m0/s1. The third-order valence-corrected chi connectivity index (χ3v) is 4.61. The van der Waals surface area contributed by atoms with Crippen LogP contribution in [-0.2, 0) is 17.8 Å². The number of hydrogen-bond donors (Lipinski definition) is 2. The average Bonchev–Trinajstić information content (AvgIpc) is 2.74. The van der Waals surface area contributed by atoms with Gasteiger partial charge < -0.3 is 10.6 Å². The van der Waals surface area contributed by atoms with Gasteiger partial charge in [0.15, 0.2) is 0 Å². The van der Waals surface area contributed by atoms with Gasteiger partial charge in [0.1, 0.15) is 6.04 Å². The number of benzene rings is 2. The van der Waals surface area contributed by atoms with Gasteiger partial charge in [0.2, 0.25) is 5.91 Å². The van der Waals surface area contributed by atoms with Crippen LogP contribution < -0.4 is 10.6 Å². The van der Waals surface area contributed by atoms with Gasteiger partial charge in [-0.05, 0) is 29.3 Å². The van der Waals surface area contributed by atoms with Crippen LogP contribution in [0.1, 0.15) is 21.5 Å². The molecule has 2 amide bonds. The molecule has 3 aromatic rings. The number of rotatable bonds is 7. The highest BCUT2D eigenvalue weighted by Gasteiger charge is 2.22. The zero-order valence-electron chi connectivity index (χ0n) is 15.1. The minimum atomic E-state index is -0.724. The van der Waals surface area contributed by atoms with Gasteiger partial charge in [-0.25, -0.2) is 0 Å². The first-order valence-corrected chi connectivity index (χ1v) is 9.27. The van der Waals surface area contributed by atoms with Crippen molar-refractivity contribution in [2.75, 3.05) is 0 Å². The molecule has 0 aliphatic heterocycles. The van der Waals surface area contributed by atoms with Crippen LogP contribution in [0.5, 0.6) is 0 Å². The lowest BCUT2D eigenvalue weighted by atomic mass is 10.0. The Bertz CT molecular complexity index is 933. The van der Waals surface area contributed by atoms with Gasteiger partial charge >= 0.3 is 0 Å². The highest BCUT2D eigenvalue weighted by Crippen LogP contribution is 2.14. The van der Waals surface area contributed by atoms with E-state index in [2.05, 4.69) is 15.6 Å². The van der Waals surface area contributed by atoms with E-state index in [0.717, 1.165) is 11.1 Å². The third-order valence-electron chi connectivity index (χ3n) is 4.24. The highest BCUT2D eigenvalue weighted by atomic mass is 35.5. The van der Waals surface area contributed by atoms with E-state index in [9.17, 15) is 9.59 Å². The fourth-order valence-electron chi connectivity index (χ4n) is 2.75. The SMILES string of the molecule is O=C(N[C@@H](Cc1ccccc1)C(=O)NCc1ccccc1Cl)c1cccnc1. The number of halogens is 1. The molecule has 1 atom stereocenters. The molecule has 142 valence electrons. The molecule has 0 unspecified atom stereocenters. The van der Waals surface area contributed by atoms with Crippen molar-refractivity contribution in [3.8, 4) is 0 Å². The smallest absolute Gasteiger partial charge is 0.253 e. The first kappa shape index (κ1) is 19.6. The van der Waals surface area contributed by atoms with E-state index in [1.165, 1.54) is 6.20 Å². The number of aromatic nitrogens is 1. The summed E-state index contributed by atoms with van der Waals surface area (Å²) in [5.74, 6) is -0.622. The van der Waals surface area contributed by atoms with Crippen molar-refractivity contribution in [3.63, 3.8) is 0 Å². The monoisotopic (exact) mass is 393 g/mol. The Kier molecular flexibility index (Phi) is 6.76. The molecular weight excluding hydrogens is 374 g/mol. The topological polar surface area (TPSA) is 71.1 Å². The molecule has 0 radical (unpaired) electrons.